The average molecular weight is 288 g/mol. The average Bonchev–Trinajstić information content (AvgIpc) is 2.72. The molecular formula is C17H24N2O2. The predicted molar refractivity (Wildman–Crippen MR) is 83.8 cm³/mol. The molecule has 0 aliphatic heterocycles. The van der Waals surface area contributed by atoms with Crippen LogP contribution in [0.4, 0.5) is 0 Å². The number of rotatable bonds is 5. The molecule has 0 saturated carbocycles. The van der Waals surface area contributed by atoms with Crippen LogP contribution in [0.1, 0.15) is 41.1 Å². The van der Waals surface area contributed by atoms with Gasteiger partial charge in [0.2, 0.25) is 0 Å². The van der Waals surface area contributed by atoms with E-state index in [1.807, 2.05) is 36.7 Å². The number of aliphatic hydroxyl groups excluding tert-OH is 1. The molecule has 2 aromatic rings. The van der Waals surface area contributed by atoms with E-state index >= 15 is 0 Å². The summed E-state index contributed by atoms with van der Waals surface area (Å²) in [5, 5.41) is 15.1. The molecule has 0 fully saturated rings. The van der Waals surface area contributed by atoms with Gasteiger partial charge in [-0.2, -0.15) is 5.10 Å². The maximum Gasteiger partial charge on any atom is 0.124 e. The third-order valence-electron chi connectivity index (χ3n) is 3.97. The molecule has 0 radical (unpaired) electrons. The highest BCUT2D eigenvalue weighted by molar-refractivity contribution is 5.38. The highest BCUT2D eigenvalue weighted by Gasteiger charge is 2.17. The summed E-state index contributed by atoms with van der Waals surface area (Å²) in [4.78, 5) is 0. The highest BCUT2D eigenvalue weighted by atomic mass is 16.5. The van der Waals surface area contributed by atoms with Crippen molar-refractivity contribution in [1.82, 2.24) is 9.78 Å². The van der Waals surface area contributed by atoms with Gasteiger partial charge in [0.05, 0.1) is 19.3 Å². The van der Waals surface area contributed by atoms with Crippen LogP contribution in [0.2, 0.25) is 0 Å². The van der Waals surface area contributed by atoms with Gasteiger partial charge in [0.25, 0.3) is 0 Å². The fourth-order valence-corrected chi connectivity index (χ4v) is 2.80. The molecule has 1 atom stereocenters. The lowest BCUT2D eigenvalue weighted by molar-refractivity contribution is 0.146. The van der Waals surface area contributed by atoms with E-state index in [-0.39, 0.29) is 0 Å². The fraction of sp³-hybridized carbons (Fsp3) is 0.471. The van der Waals surface area contributed by atoms with Gasteiger partial charge >= 0.3 is 0 Å². The predicted octanol–water partition coefficient (Wildman–Crippen LogP) is 3.11. The Kier molecular flexibility index (Phi) is 4.68. The molecule has 0 aliphatic carbocycles. The number of aromatic nitrogens is 2. The van der Waals surface area contributed by atoms with Crippen molar-refractivity contribution in [2.75, 3.05) is 7.11 Å². The van der Waals surface area contributed by atoms with Gasteiger partial charge in [0.15, 0.2) is 0 Å². The van der Waals surface area contributed by atoms with Crippen LogP contribution in [-0.2, 0) is 13.0 Å². The number of aliphatic hydroxyl groups is 1. The Balaban J connectivity index is 2.30. The summed E-state index contributed by atoms with van der Waals surface area (Å²) in [6, 6.07) is 5.84. The van der Waals surface area contributed by atoms with Gasteiger partial charge in [0.1, 0.15) is 11.9 Å². The minimum atomic E-state index is -0.637. The van der Waals surface area contributed by atoms with E-state index in [4.69, 9.17) is 4.74 Å². The van der Waals surface area contributed by atoms with E-state index in [1.54, 1.807) is 7.11 Å². The molecule has 2 rings (SSSR count). The van der Waals surface area contributed by atoms with Crippen LogP contribution in [0.15, 0.2) is 18.2 Å². The molecule has 0 saturated heterocycles. The summed E-state index contributed by atoms with van der Waals surface area (Å²) in [6.07, 6.45) is 0.323. The summed E-state index contributed by atoms with van der Waals surface area (Å²) < 4.78 is 7.24. The molecule has 0 aliphatic rings. The number of hydrogen-bond donors (Lipinski definition) is 1. The second-order valence-corrected chi connectivity index (χ2v) is 5.45. The Hall–Kier alpha value is -1.81. The van der Waals surface area contributed by atoms with Crippen LogP contribution in [0, 0.1) is 20.8 Å². The summed E-state index contributed by atoms with van der Waals surface area (Å²) in [7, 11) is 1.62. The zero-order chi connectivity index (χ0) is 15.6. The Morgan fingerprint density at radius 3 is 2.57 bits per heavy atom. The molecule has 4 nitrogen and oxygen atoms in total. The molecule has 1 aromatic heterocycles. The van der Waals surface area contributed by atoms with Gasteiger partial charge in [-0.25, -0.2) is 0 Å². The molecule has 1 unspecified atom stereocenters. The summed E-state index contributed by atoms with van der Waals surface area (Å²) in [5.74, 6) is 0.713. The number of hydrogen-bond acceptors (Lipinski definition) is 3. The van der Waals surface area contributed by atoms with Crippen molar-refractivity contribution in [3.8, 4) is 5.75 Å². The number of ether oxygens (including phenoxy) is 1. The first-order chi connectivity index (χ1) is 9.97. The first-order valence-corrected chi connectivity index (χ1v) is 7.33. The number of methoxy groups -OCH3 is 1. The molecule has 1 heterocycles. The van der Waals surface area contributed by atoms with Crippen LogP contribution in [-0.4, -0.2) is 22.0 Å². The second kappa shape index (κ2) is 6.31. The van der Waals surface area contributed by atoms with Gasteiger partial charge in [-0.1, -0.05) is 18.6 Å². The smallest absolute Gasteiger partial charge is 0.124 e. The Labute approximate surface area is 126 Å². The highest BCUT2D eigenvalue weighted by Crippen LogP contribution is 2.28. The number of nitrogens with zero attached hydrogens (tertiary/aromatic N) is 2. The van der Waals surface area contributed by atoms with Crippen molar-refractivity contribution >= 4 is 0 Å². The molecule has 0 spiro atoms. The molecule has 1 N–H and O–H groups in total. The van der Waals surface area contributed by atoms with Crippen molar-refractivity contribution in [3.63, 3.8) is 0 Å². The zero-order valence-corrected chi connectivity index (χ0v) is 13.5. The SMILES string of the molecule is CCc1c(C)nn(CC(O)c2cc(C)ccc2OC)c1C. The lowest BCUT2D eigenvalue weighted by atomic mass is 10.0. The third kappa shape index (κ3) is 3.10. The van der Waals surface area contributed by atoms with Crippen LogP contribution in [0.3, 0.4) is 0 Å². The minimum absolute atomic E-state index is 0.437. The molecule has 1 aromatic carbocycles. The van der Waals surface area contributed by atoms with Gasteiger partial charge in [0, 0.05) is 11.3 Å². The third-order valence-corrected chi connectivity index (χ3v) is 3.97. The normalized spacial score (nSPS) is 12.5. The van der Waals surface area contributed by atoms with Crippen molar-refractivity contribution in [2.24, 2.45) is 0 Å². The zero-order valence-electron chi connectivity index (χ0n) is 13.5. The van der Waals surface area contributed by atoms with E-state index in [0.29, 0.717) is 12.3 Å². The first kappa shape index (κ1) is 15.6. The number of aryl methyl sites for hydroxylation is 2. The first-order valence-electron chi connectivity index (χ1n) is 7.33. The van der Waals surface area contributed by atoms with E-state index in [1.165, 1.54) is 5.56 Å². The Morgan fingerprint density at radius 2 is 2.00 bits per heavy atom. The molecular weight excluding hydrogens is 264 g/mol. The summed E-state index contributed by atoms with van der Waals surface area (Å²) in [5.41, 5.74) is 5.34. The van der Waals surface area contributed by atoms with Crippen LogP contribution < -0.4 is 4.74 Å². The van der Waals surface area contributed by atoms with E-state index in [2.05, 4.69) is 18.9 Å². The van der Waals surface area contributed by atoms with Gasteiger partial charge < -0.3 is 9.84 Å². The molecule has 4 heteroatoms. The minimum Gasteiger partial charge on any atom is -0.496 e. The molecule has 0 amide bonds. The topological polar surface area (TPSA) is 47.3 Å². The second-order valence-electron chi connectivity index (χ2n) is 5.45. The standard InChI is InChI=1S/C17H24N2O2/c1-6-14-12(3)18-19(13(14)4)10-16(20)15-9-11(2)7-8-17(15)21-5/h7-9,16,20H,6,10H2,1-5H3. The Morgan fingerprint density at radius 1 is 1.29 bits per heavy atom. The van der Waals surface area contributed by atoms with Crippen molar-refractivity contribution in [2.45, 2.75) is 46.8 Å². The van der Waals surface area contributed by atoms with Crippen LogP contribution in [0.5, 0.6) is 5.75 Å². The van der Waals surface area contributed by atoms with Crippen LogP contribution in [0.25, 0.3) is 0 Å². The fourth-order valence-electron chi connectivity index (χ4n) is 2.80. The molecule has 0 bridgehead atoms. The van der Waals surface area contributed by atoms with E-state index in [0.717, 1.165) is 28.9 Å². The molecule has 21 heavy (non-hydrogen) atoms. The van der Waals surface area contributed by atoms with E-state index < -0.39 is 6.10 Å². The molecule has 114 valence electrons. The van der Waals surface area contributed by atoms with Gasteiger partial charge in [-0.15, -0.1) is 0 Å². The van der Waals surface area contributed by atoms with Crippen molar-refractivity contribution in [1.29, 1.82) is 0 Å². The van der Waals surface area contributed by atoms with Gasteiger partial charge in [-0.3, -0.25) is 4.68 Å². The Bertz CT molecular complexity index is 632. The lowest BCUT2D eigenvalue weighted by Crippen LogP contribution is -2.12. The maximum absolute atomic E-state index is 10.6. The van der Waals surface area contributed by atoms with Crippen molar-refractivity contribution in [3.05, 3.63) is 46.3 Å². The van der Waals surface area contributed by atoms with E-state index in [9.17, 15) is 5.11 Å². The lowest BCUT2D eigenvalue weighted by Gasteiger charge is -2.16. The largest absolute Gasteiger partial charge is 0.496 e. The monoisotopic (exact) mass is 288 g/mol. The van der Waals surface area contributed by atoms with Crippen molar-refractivity contribution < 1.29 is 9.84 Å². The summed E-state index contributed by atoms with van der Waals surface area (Å²) >= 11 is 0. The van der Waals surface area contributed by atoms with Gasteiger partial charge in [-0.05, 0) is 44.9 Å². The summed E-state index contributed by atoms with van der Waals surface area (Å²) in [6.45, 7) is 8.64. The maximum atomic E-state index is 10.6. The van der Waals surface area contributed by atoms with Crippen LogP contribution >= 0.6 is 0 Å². The number of benzene rings is 1. The quantitative estimate of drug-likeness (QED) is 0.919.